The molecule has 0 spiro atoms. The normalized spacial score (nSPS) is 16.4. The summed E-state index contributed by atoms with van der Waals surface area (Å²) >= 11 is 3.42. The molecule has 1 N–H and O–H groups in total. The number of furan rings is 1. The summed E-state index contributed by atoms with van der Waals surface area (Å²) in [5, 5.41) is 11.6. The molecule has 1 amide bonds. The largest absolute Gasteiger partial charge is 0.503 e. The Morgan fingerprint density at radius 2 is 1.79 bits per heavy atom. The molecule has 0 fully saturated rings. The van der Waals surface area contributed by atoms with Gasteiger partial charge in [0.15, 0.2) is 11.5 Å². The average Bonchev–Trinajstić information content (AvgIpc) is 3.30. The van der Waals surface area contributed by atoms with Crippen molar-refractivity contribution in [3.05, 3.63) is 75.7 Å². The van der Waals surface area contributed by atoms with E-state index in [1.165, 1.54) is 0 Å². The van der Waals surface area contributed by atoms with E-state index >= 15 is 0 Å². The van der Waals surface area contributed by atoms with E-state index in [0.717, 1.165) is 21.1 Å². The second-order valence-corrected chi connectivity index (χ2v) is 9.49. The minimum atomic E-state index is -0.707. The maximum absolute atomic E-state index is 13.6. The second-order valence-electron chi connectivity index (χ2n) is 8.57. The van der Waals surface area contributed by atoms with E-state index in [9.17, 15) is 14.7 Å². The zero-order valence-corrected chi connectivity index (χ0v) is 20.6. The highest BCUT2D eigenvalue weighted by Gasteiger charge is 2.44. The van der Waals surface area contributed by atoms with Crippen molar-refractivity contribution in [2.45, 2.75) is 6.04 Å². The first-order valence-corrected chi connectivity index (χ1v) is 11.4. The van der Waals surface area contributed by atoms with Crippen LogP contribution in [0.4, 0.5) is 5.69 Å². The first-order chi connectivity index (χ1) is 15.7. The van der Waals surface area contributed by atoms with Gasteiger partial charge < -0.3 is 24.2 Å². The van der Waals surface area contributed by atoms with Crippen LogP contribution in [-0.2, 0) is 4.79 Å². The number of aliphatic hydroxyl groups excluding tert-OH is 1. The number of Topliss-reactive ketones (excluding diaryl/α,β-unsaturated/α-hetero) is 1. The number of likely N-dealkylation sites (N-methyl/N-ethyl adjacent to an activating group) is 1. The van der Waals surface area contributed by atoms with Gasteiger partial charge in [-0.1, -0.05) is 28.1 Å². The van der Waals surface area contributed by atoms with Gasteiger partial charge in [0.25, 0.3) is 5.91 Å². The summed E-state index contributed by atoms with van der Waals surface area (Å²) in [7, 11) is 7.71. The second kappa shape index (κ2) is 9.03. The van der Waals surface area contributed by atoms with Gasteiger partial charge >= 0.3 is 0 Å². The fraction of sp³-hybridized carbons (Fsp3) is 0.280. The summed E-state index contributed by atoms with van der Waals surface area (Å²) < 4.78 is 6.65. The lowest BCUT2D eigenvalue weighted by Gasteiger charge is -2.28. The van der Waals surface area contributed by atoms with Gasteiger partial charge in [-0.15, -0.1) is 0 Å². The number of halogens is 1. The van der Waals surface area contributed by atoms with Crippen LogP contribution in [0, 0.1) is 0 Å². The minimum Gasteiger partial charge on any atom is -0.503 e. The molecule has 0 saturated heterocycles. The summed E-state index contributed by atoms with van der Waals surface area (Å²) in [5.41, 5.74) is 2.34. The van der Waals surface area contributed by atoms with Gasteiger partial charge in [0.05, 0.1) is 11.6 Å². The van der Waals surface area contributed by atoms with Crippen LogP contribution in [0.1, 0.15) is 22.2 Å². The first-order valence-electron chi connectivity index (χ1n) is 10.6. The molecule has 4 rings (SSSR count). The Labute approximate surface area is 201 Å². The number of rotatable bonds is 7. The standard InChI is InChI=1S/C25H26BrN3O4/c1-27(2)11-12-29-22(15-5-8-18(9-6-15)28(3)4)21(24(31)25(29)32)23(30)20-14-16-13-17(26)7-10-19(16)33-20/h5-10,13-14,22,31H,11-12H2,1-4H3. The number of nitrogens with zero attached hydrogens (tertiary/aromatic N) is 3. The molecular formula is C25H26BrN3O4. The fourth-order valence-corrected chi connectivity index (χ4v) is 4.36. The lowest BCUT2D eigenvalue weighted by atomic mass is 9.94. The first kappa shape index (κ1) is 23.1. The van der Waals surface area contributed by atoms with Crippen LogP contribution in [0.3, 0.4) is 0 Å². The Kier molecular flexibility index (Phi) is 6.32. The lowest BCUT2D eigenvalue weighted by Crippen LogP contribution is -2.36. The summed E-state index contributed by atoms with van der Waals surface area (Å²) in [6, 6.07) is 14.0. The van der Waals surface area contributed by atoms with E-state index in [1.54, 1.807) is 17.0 Å². The molecule has 0 bridgehead atoms. The molecule has 0 saturated carbocycles. The zero-order valence-electron chi connectivity index (χ0n) is 19.0. The molecule has 1 aliphatic rings. The van der Waals surface area contributed by atoms with Crippen LogP contribution >= 0.6 is 15.9 Å². The number of anilines is 1. The van der Waals surface area contributed by atoms with Crippen molar-refractivity contribution in [2.24, 2.45) is 0 Å². The predicted molar refractivity (Wildman–Crippen MR) is 132 cm³/mol. The number of benzene rings is 2. The highest BCUT2D eigenvalue weighted by Crippen LogP contribution is 2.40. The van der Waals surface area contributed by atoms with Gasteiger partial charge in [0.1, 0.15) is 5.58 Å². The number of amides is 1. The van der Waals surface area contributed by atoms with E-state index in [-0.39, 0.29) is 11.3 Å². The Morgan fingerprint density at radius 3 is 2.42 bits per heavy atom. The van der Waals surface area contributed by atoms with E-state index < -0.39 is 23.5 Å². The number of fused-ring (bicyclic) bond motifs is 1. The SMILES string of the molecule is CN(C)CCN1C(=O)C(O)=C(C(=O)c2cc3cc(Br)ccc3o2)C1c1ccc(N(C)C)cc1. The average molecular weight is 512 g/mol. The van der Waals surface area contributed by atoms with Gasteiger partial charge in [0.2, 0.25) is 5.78 Å². The van der Waals surface area contributed by atoms with Crippen molar-refractivity contribution in [1.82, 2.24) is 9.80 Å². The molecule has 3 aromatic rings. The Hall–Kier alpha value is -3.10. The summed E-state index contributed by atoms with van der Waals surface area (Å²) in [6.07, 6.45) is 0. The molecule has 1 aliphatic heterocycles. The van der Waals surface area contributed by atoms with Crippen molar-refractivity contribution in [2.75, 3.05) is 46.2 Å². The van der Waals surface area contributed by atoms with Gasteiger partial charge in [0, 0.05) is 42.7 Å². The van der Waals surface area contributed by atoms with Crippen LogP contribution in [0.5, 0.6) is 0 Å². The third kappa shape index (κ3) is 4.41. The van der Waals surface area contributed by atoms with E-state index in [0.29, 0.717) is 18.7 Å². The van der Waals surface area contributed by atoms with Crippen LogP contribution in [0.25, 0.3) is 11.0 Å². The molecule has 0 radical (unpaired) electrons. The lowest BCUT2D eigenvalue weighted by molar-refractivity contribution is -0.129. The molecule has 7 nitrogen and oxygen atoms in total. The fourth-order valence-electron chi connectivity index (χ4n) is 3.98. The highest BCUT2D eigenvalue weighted by atomic mass is 79.9. The molecular weight excluding hydrogens is 486 g/mol. The molecule has 1 unspecified atom stereocenters. The van der Waals surface area contributed by atoms with E-state index in [1.807, 2.05) is 74.4 Å². The van der Waals surface area contributed by atoms with Crippen molar-refractivity contribution in [3.8, 4) is 0 Å². The van der Waals surface area contributed by atoms with Crippen molar-refractivity contribution in [1.29, 1.82) is 0 Å². The molecule has 0 aliphatic carbocycles. The van der Waals surface area contributed by atoms with Crippen molar-refractivity contribution >= 4 is 44.3 Å². The molecule has 2 heterocycles. The third-order valence-corrected chi connectivity index (χ3v) is 6.26. The molecule has 172 valence electrons. The Morgan fingerprint density at radius 1 is 1.09 bits per heavy atom. The molecule has 8 heteroatoms. The van der Waals surface area contributed by atoms with Gasteiger partial charge in [-0.3, -0.25) is 9.59 Å². The number of hydrogen-bond donors (Lipinski definition) is 1. The van der Waals surface area contributed by atoms with Gasteiger partial charge in [-0.05, 0) is 56.1 Å². The third-order valence-electron chi connectivity index (χ3n) is 5.76. The quantitative estimate of drug-likeness (QED) is 0.473. The van der Waals surface area contributed by atoms with Gasteiger partial charge in [-0.25, -0.2) is 0 Å². The van der Waals surface area contributed by atoms with E-state index in [4.69, 9.17) is 4.42 Å². The summed E-state index contributed by atoms with van der Waals surface area (Å²) in [5.74, 6) is -1.49. The summed E-state index contributed by atoms with van der Waals surface area (Å²) in [4.78, 5) is 32.1. The van der Waals surface area contributed by atoms with Crippen LogP contribution in [0.2, 0.25) is 0 Å². The predicted octanol–water partition coefficient (Wildman–Crippen LogP) is 4.40. The smallest absolute Gasteiger partial charge is 0.290 e. The van der Waals surface area contributed by atoms with Crippen molar-refractivity contribution in [3.63, 3.8) is 0 Å². The molecule has 2 aromatic carbocycles. The number of carbonyl (C=O) groups is 2. The van der Waals surface area contributed by atoms with Gasteiger partial charge in [-0.2, -0.15) is 0 Å². The highest BCUT2D eigenvalue weighted by molar-refractivity contribution is 9.10. The zero-order chi connectivity index (χ0) is 23.9. The summed E-state index contributed by atoms with van der Waals surface area (Å²) in [6.45, 7) is 0.950. The van der Waals surface area contributed by atoms with Crippen LogP contribution < -0.4 is 4.90 Å². The minimum absolute atomic E-state index is 0.0366. The monoisotopic (exact) mass is 511 g/mol. The number of hydrogen-bond acceptors (Lipinski definition) is 6. The number of carbonyl (C=O) groups excluding carboxylic acids is 2. The molecule has 33 heavy (non-hydrogen) atoms. The number of ketones is 1. The molecule has 1 atom stereocenters. The topological polar surface area (TPSA) is 77.2 Å². The maximum Gasteiger partial charge on any atom is 0.290 e. The number of aliphatic hydroxyl groups is 1. The van der Waals surface area contributed by atoms with E-state index in [2.05, 4.69) is 15.9 Å². The molecule has 1 aromatic heterocycles. The van der Waals surface area contributed by atoms with Crippen LogP contribution in [-0.4, -0.2) is 67.9 Å². The van der Waals surface area contributed by atoms with Crippen LogP contribution in [0.15, 0.2) is 68.8 Å². The Bertz CT molecular complexity index is 1240. The maximum atomic E-state index is 13.6. The van der Waals surface area contributed by atoms with Crippen molar-refractivity contribution < 1.29 is 19.1 Å². The Balaban J connectivity index is 1.78.